The molecule has 0 radical (unpaired) electrons. The standard InChI is InChI=1S/2C15H23N5O2S/c2*1-16-23(21,22)9-11-3-5-12(6-4-11)20(2)15-13-7-8-17-14(13)18-10-19-15/h2*7-8,10-12,16H,3-6,9H2,1-2H3,(H,17,18,19). The van der Waals surface area contributed by atoms with Crippen LogP contribution in [0.4, 0.5) is 11.6 Å². The van der Waals surface area contributed by atoms with Crippen molar-refractivity contribution in [1.29, 1.82) is 0 Å². The highest BCUT2D eigenvalue weighted by atomic mass is 32.2. The Bertz CT molecular complexity index is 1660. The molecule has 2 saturated carbocycles. The van der Waals surface area contributed by atoms with Crippen molar-refractivity contribution in [1.82, 2.24) is 39.3 Å². The lowest BCUT2D eigenvalue weighted by molar-refractivity contribution is 0.340. The molecule has 16 heteroatoms. The Balaban J connectivity index is 0.000000181. The van der Waals surface area contributed by atoms with Crippen molar-refractivity contribution in [3.8, 4) is 0 Å². The number of rotatable bonds is 10. The number of nitrogens with zero attached hydrogens (tertiary/aromatic N) is 6. The van der Waals surface area contributed by atoms with E-state index in [0.29, 0.717) is 12.1 Å². The van der Waals surface area contributed by atoms with E-state index in [9.17, 15) is 16.8 Å². The monoisotopic (exact) mass is 674 g/mol. The molecule has 46 heavy (non-hydrogen) atoms. The number of sulfonamides is 2. The molecule has 4 heterocycles. The second-order valence-corrected chi connectivity index (χ2v) is 16.4. The largest absolute Gasteiger partial charge is 0.356 e. The molecule has 0 atom stereocenters. The molecule has 14 nitrogen and oxygen atoms in total. The highest BCUT2D eigenvalue weighted by molar-refractivity contribution is 7.89. The third-order valence-electron chi connectivity index (χ3n) is 9.59. The van der Waals surface area contributed by atoms with Gasteiger partial charge in [0.25, 0.3) is 0 Å². The predicted octanol–water partition coefficient (Wildman–Crippen LogP) is 3.00. The van der Waals surface area contributed by atoms with Crippen LogP contribution >= 0.6 is 0 Å². The summed E-state index contributed by atoms with van der Waals surface area (Å²) < 4.78 is 51.5. The number of hydrogen-bond acceptors (Lipinski definition) is 10. The lowest BCUT2D eigenvalue weighted by atomic mass is 9.86. The minimum atomic E-state index is -3.12. The van der Waals surface area contributed by atoms with Gasteiger partial charge < -0.3 is 19.8 Å². The third kappa shape index (κ3) is 8.14. The highest BCUT2D eigenvalue weighted by Gasteiger charge is 2.29. The number of fused-ring (bicyclic) bond motifs is 2. The zero-order valence-electron chi connectivity index (χ0n) is 27.0. The Hall–Kier alpha value is -3.34. The Morgan fingerprint density at radius 1 is 0.652 bits per heavy atom. The van der Waals surface area contributed by atoms with Crippen LogP contribution in [-0.2, 0) is 20.0 Å². The number of hydrogen-bond donors (Lipinski definition) is 4. The molecular formula is C30H46N10O4S2. The van der Waals surface area contributed by atoms with E-state index in [2.05, 4.69) is 63.2 Å². The van der Waals surface area contributed by atoms with E-state index in [1.165, 1.54) is 14.1 Å². The van der Waals surface area contributed by atoms with Gasteiger partial charge in [0, 0.05) is 38.6 Å². The van der Waals surface area contributed by atoms with Gasteiger partial charge in [-0.1, -0.05) is 0 Å². The fraction of sp³-hybridized carbons (Fsp3) is 0.600. The molecule has 6 rings (SSSR count). The normalized spacial score (nSPS) is 22.3. The number of aromatic amines is 2. The molecule has 4 aromatic rings. The van der Waals surface area contributed by atoms with Crippen LogP contribution in [-0.4, -0.2) is 98.5 Å². The van der Waals surface area contributed by atoms with Crippen LogP contribution < -0.4 is 19.2 Å². The molecule has 0 amide bonds. The number of H-pyrrole nitrogens is 2. The molecule has 4 aromatic heterocycles. The summed E-state index contributed by atoms with van der Waals surface area (Å²) in [6, 6.07) is 4.76. The SMILES string of the molecule is CNS(=O)(=O)CC1CCC(N(C)c2ncnc3[nH]ccc23)CC1.CNS(=O)(=O)CC1CCC(N(C)c2ncnc3[nH]ccc23)CC1. The van der Waals surface area contributed by atoms with Crippen molar-refractivity contribution in [2.24, 2.45) is 11.8 Å². The van der Waals surface area contributed by atoms with Crippen molar-refractivity contribution < 1.29 is 16.8 Å². The molecule has 0 aliphatic heterocycles. The van der Waals surface area contributed by atoms with Crippen LogP contribution in [0.25, 0.3) is 22.1 Å². The topological polar surface area (TPSA) is 182 Å². The molecule has 2 aliphatic carbocycles. The first-order valence-electron chi connectivity index (χ1n) is 15.8. The van der Waals surface area contributed by atoms with E-state index < -0.39 is 20.0 Å². The molecule has 0 aromatic carbocycles. The zero-order chi connectivity index (χ0) is 32.9. The van der Waals surface area contributed by atoms with E-state index in [-0.39, 0.29) is 23.3 Å². The fourth-order valence-corrected chi connectivity index (χ4v) is 9.05. The van der Waals surface area contributed by atoms with Crippen LogP contribution in [0.5, 0.6) is 0 Å². The first-order valence-corrected chi connectivity index (χ1v) is 19.1. The summed E-state index contributed by atoms with van der Waals surface area (Å²) in [7, 11) is 0.838. The number of nitrogens with one attached hydrogen (secondary N) is 4. The van der Waals surface area contributed by atoms with Gasteiger partial charge in [0.1, 0.15) is 35.6 Å². The summed E-state index contributed by atoms with van der Waals surface area (Å²) in [4.78, 5) is 27.9. The summed E-state index contributed by atoms with van der Waals surface area (Å²) in [5.74, 6) is 2.82. The predicted molar refractivity (Wildman–Crippen MR) is 182 cm³/mol. The maximum Gasteiger partial charge on any atom is 0.211 e. The minimum absolute atomic E-state index is 0.232. The van der Waals surface area contributed by atoms with Crippen LogP contribution in [0.15, 0.2) is 37.2 Å². The maximum atomic E-state index is 11.7. The van der Waals surface area contributed by atoms with Gasteiger partial charge in [0.15, 0.2) is 0 Å². The van der Waals surface area contributed by atoms with E-state index in [0.717, 1.165) is 85.1 Å². The zero-order valence-corrected chi connectivity index (χ0v) is 28.6. The van der Waals surface area contributed by atoms with E-state index in [1.807, 2.05) is 24.5 Å². The Morgan fingerprint density at radius 2 is 1.02 bits per heavy atom. The lowest BCUT2D eigenvalue weighted by Crippen LogP contribution is -2.37. The summed E-state index contributed by atoms with van der Waals surface area (Å²) in [6.45, 7) is 0. The molecule has 2 aliphatic rings. The number of anilines is 2. The van der Waals surface area contributed by atoms with Crippen LogP contribution in [0.3, 0.4) is 0 Å². The molecule has 252 valence electrons. The van der Waals surface area contributed by atoms with Crippen LogP contribution in [0.2, 0.25) is 0 Å². The molecule has 0 saturated heterocycles. The number of aromatic nitrogens is 6. The van der Waals surface area contributed by atoms with Gasteiger partial charge in [-0.05, 0) is 89.4 Å². The molecule has 4 N–H and O–H groups in total. The van der Waals surface area contributed by atoms with E-state index >= 15 is 0 Å². The van der Waals surface area contributed by atoms with Gasteiger partial charge in [-0.15, -0.1) is 0 Å². The van der Waals surface area contributed by atoms with E-state index in [4.69, 9.17) is 0 Å². The maximum absolute atomic E-state index is 11.7. The molecule has 0 bridgehead atoms. The molecular weight excluding hydrogens is 629 g/mol. The van der Waals surface area contributed by atoms with Crippen molar-refractivity contribution in [3.05, 3.63) is 37.2 Å². The average molecular weight is 675 g/mol. The third-order valence-corrected chi connectivity index (χ3v) is 12.7. The van der Waals surface area contributed by atoms with Gasteiger partial charge in [0.2, 0.25) is 20.0 Å². The minimum Gasteiger partial charge on any atom is -0.356 e. The molecule has 2 fully saturated rings. The van der Waals surface area contributed by atoms with Crippen molar-refractivity contribution in [2.75, 3.05) is 49.5 Å². The van der Waals surface area contributed by atoms with Crippen molar-refractivity contribution in [2.45, 2.75) is 63.5 Å². The second-order valence-electron chi connectivity index (χ2n) is 12.4. The summed E-state index contributed by atoms with van der Waals surface area (Å²) >= 11 is 0. The van der Waals surface area contributed by atoms with Crippen LogP contribution in [0.1, 0.15) is 51.4 Å². The van der Waals surface area contributed by atoms with Gasteiger partial charge in [-0.3, -0.25) is 0 Å². The summed E-state index contributed by atoms with van der Waals surface area (Å²) in [5.41, 5.74) is 1.69. The van der Waals surface area contributed by atoms with Gasteiger partial charge in [0.05, 0.1) is 22.3 Å². The Morgan fingerprint density at radius 3 is 1.37 bits per heavy atom. The van der Waals surface area contributed by atoms with Crippen LogP contribution in [0, 0.1) is 11.8 Å². The quantitative estimate of drug-likeness (QED) is 0.195. The van der Waals surface area contributed by atoms with Gasteiger partial charge in [-0.25, -0.2) is 46.2 Å². The second kappa shape index (κ2) is 14.6. The molecule has 0 unspecified atom stereocenters. The van der Waals surface area contributed by atoms with Crippen molar-refractivity contribution in [3.63, 3.8) is 0 Å². The average Bonchev–Trinajstić information content (AvgIpc) is 3.75. The Labute approximate surface area is 271 Å². The Kier molecular flexibility index (Phi) is 10.8. The summed E-state index contributed by atoms with van der Waals surface area (Å²) in [6.07, 6.45) is 14.5. The van der Waals surface area contributed by atoms with E-state index in [1.54, 1.807) is 12.7 Å². The first kappa shape index (κ1) is 34.0. The first-order chi connectivity index (χ1) is 22.0. The van der Waals surface area contributed by atoms with Crippen molar-refractivity contribution >= 4 is 53.7 Å². The van der Waals surface area contributed by atoms with Gasteiger partial charge >= 0.3 is 0 Å². The molecule has 0 spiro atoms. The fourth-order valence-electron chi connectivity index (χ4n) is 6.81. The van der Waals surface area contributed by atoms with Gasteiger partial charge in [-0.2, -0.15) is 0 Å². The highest BCUT2D eigenvalue weighted by Crippen LogP contribution is 2.33. The smallest absolute Gasteiger partial charge is 0.211 e. The lowest BCUT2D eigenvalue weighted by Gasteiger charge is -2.35. The summed E-state index contributed by atoms with van der Waals surface area (Å²) in [5, 5.41) is 2.05.